The Morgan fingerprint density at radius 1 is 1.16 bits per heavy atom. The fraction of sp³-hybridized carbons (Fsp3) is 0.333. The first kappa shape index (κ1) is 12.0. The van der Waals surface area contributed by atoms with Gasteiger partial charge in [-0.2, -0.15) is 0 Å². The summed E-state index contributed by atoms with van der Waals surface area (Å²) in [5, 5.41) is 3.11. The molecule has 1 aliphatic rings. The van der Waals surface area contributed by atoms with Crippen molar-refractivity contribution in [1.29, 1.82) is 0 Å². The second-order valence-electron chi connectivity index (χ2n) is 4.75. The summed E-state index contributed by atoms with van der Waals surface area (Å²) in [4.78, 5) is 9.20. The summed E-state index contributed by atoms with van der Waals surface area (Å²) < 4.78 is 5.17. The molecular weight excluding hydrogens is 238 g/mol. The molecule has 0 amide bonds. The maximum Gasteiger partial charge on any atom is 0.161 e. The molecule has 2 aromatic rings. The summed E-state index contributed by atoms with van der Waals surface area (Å²) in [6.45, 7) is 0. The van der Waals surface area contributed by atoms with E-state index < -0.39 is 0 Å². The van der Waals surface area contributed by atoms with E-state index in [9.17, 15) is 0 Å². The number of rotatable bonds is 4. The van der Waals surface area contributed by atoms with Gasteiger partial charge in [0, 0.05) is 30.3 Å². The smallest absolute Gasteiger partial charge is 0.161 e. The van der Waals surface area contributed by atoms with Crippen LogP contribution in [0.3, 0.4) is 0 Å². The summed E-state index contributed by atoms with van der Waals surface area (Å²) in [6.07, 6.45) is 2.48. The zero-order valence-corrected chi connectivity index (χ0v) is 11.2. The van der Waals surface area contributed by atoms with Crippen molar-refractivity contribution in [3.63, 3.8) is 0 Å². The monoisotopic (exact) mass is 255 g/mol. The van der Waals surface area contributed by atoms with E-state index in [0.29, 0.717) is 5.92 Å². The molecule has 0 bridgehead atoms. The Morgan fingerprint density at radius 3 is 2.47 bits per heavy atom. The van der Waals surface area contributed by atoms with Gasteiger partial charge in [-0.25, -0.2) is 9.97 Å². The molecule has 1 aromatic carbocycles. The lowest BCUT2D eigenvalue weighted by Gasteiger charge is -2.08. The van der Waals surface area contributed by atoms with E-state index in [0.717, 1.165) is 28.6 Å². The maximum atomic E-state index is 5.17. The first-order chi connectivity index (χ1) is 9.30. The topological polar surface area (TPSA) is 47.0 Å². The third-order valence-electron chi connectivity index (χ3n) is 3.35. The van der Waals surface area contributed by atoms with Crippen LogP contribution in [0.15, 0.2) is 30.3 Å². The highest BCUT2D eigenvalue weighted by Crippen LogP contribution is 2.40. The van der Waals surface area contributed by atoms with Crippen LogP contribution in [0, 0.1) is 0 Å². The SMILES string of the molecule is CNc1cc(C2CC2)nc(-c2ccc(OC)cc2)n1. The predicted molar refractivity (Wildman–Crippen MR) is 75.5 cm³/mol. The molecule has 4 heteroatoms. The molecule has 1 aliphatic carbocycles. The standard InChI is InChI=1S/C15H17N3O/c1-16-14-9-13(10-3-4-10)17-15(18-14)11-5-7-12(19-2)8-6-11/h5-10H,3-4H2,1-2H3,(H,16,17,18). The Labute approximate surface area is 112 Å². The van der Waals surface area contributed by atoms with Crippen molar-refractivity contribution in [2.24, 2.45) is 0 Å². The van der Waals surface area contributed by atoms with Crippen LogP contribution in [0.5, 0.6) is 5.75 Å². The van der Waals surface area contributed by atoms with Crippen molar-refractivity contribution >= 4 is 5.82 Å². The fourth-order valence-corrected chi connectivity index (χ4v) is 2.05. The number of ether oxygens (including phenoxy) is 1. The molecule has 0 saturated heterocycles. The third-order valence-corrected chi connectivity index (χ3v) is 3.35. The lowest BCUT2D eigenvalue weighted by molar-refractivity contribution is 0.415. The van der Waals surface area contributed by atoms with Gasteiger partial charge in [-0.05, 0) is 37.1 Å². The highest BCUT2D eigenvalue weighted by molar-refractivity contribution is 5.59. The number of hydrogen-bond acceptors (Lipinski definition) is 4. The Bertz CT molecular complexity index is 576. The number of methoxy groups -OCH3 is 1. The van der Waals surface area contributed by atoms with Crippen molar-refractivity contribution in [1.82, 2.24) is 9.97 Å². The van der Waals surface area contributed by atoms with Crippen molar-refractivity contribution < 1.29 is 4.74 Å². The summed E-state index contributed by atoms with van der Waals surface area (Å²) in [5.74, 6) is 3.11. The van der Waals surface area contributed by atoms with Crippen molar-refractivity contribution in [2.75, 3.05) is 19.5 Å². The quantitative estimate of drug-likeness (QED) is 0.912. The van der Waals surface area contributed by atoms with Gasteiger partial charge in [0.1, 0.15) is 11.6 Å². The van der Waals surface area contributed by atoms with E-state index >= 15 is 0 Å². The zero-order valence-electron chi connectivity index (χ0n) is 11.2. The summed E-state index contributed by atoms with van der Waals surface area (Å²) in [6, 6.07) is 9.89. The molecule has 1 heterocycles. The average Bonchev–Trinajstić information content (AvgIpc) is 3.31. The zero-order chi connectivity index (χ0) is 13.2. The molecule has 0 aliphatic heterocycles. The first-order valence-electron chi connectivity index (χ1n) is 6.51. The molecule has 0 atom stereocenters. The molecule has 4 nitrogen and oxygen atoms in total. The lowest BCUT2D eigenvalue weighted by atomic mass is 10.2. The minimum absolute atomic E-state index is 0.618. The Kier molecular flexibility index (Phi) is 3.07. The van der Waals surface area contributed by atoms with Gasteiger partial charge in [-0.3, -0.25) is 0 Å². The van der Waals surface area contributed by atoms with Gasteiger partial charge < -0.3 is 10.1 Å². The van der Waals surface area contributed by atoms with Crippen LogP contribution in [0.1, 0.15) is 24.5 Å². The second-order valence-corrected chi connectivity index (χ2v) is 4.75. The van der Waals surface area contributed by atoms with E-state index in [2.05, 4.69) is 15.3 Å². The summed E-state index contributed by atoms with van der Waals surface area (Å²) >= 11 is 0. The van der Waals surface area contributed by atoms with Gasteiger partial charge in [0.05, 0.1) is 7.11 Å². The predicted octanol–water partition coefficient (Wildman–Crippen LogP) is 3.07. The maximum absolute atomic E-state index is 5.17. The molecule has 1 saturated carbocycles. The molecule has 1 N–H and O–H groups in total. The highest BCUT2D eigenvalue weighted by Gasteiger charge is 2.26. The van der Waals surface area contributed by atoms with Gasteiger partial charge >= 0.3 is 0 Å². The van der Waals surface area contributed by atoms with Gasteiger partial charge in [-0.1, -0.05) is 0 Å². The molecule has 0 spiro atoms. The largest absolute Gasteiger partial charge is 0.497 e. The van der Waals surface area contributed by atoms with Crippen LogP contribution in [-0.4, -0.2) is 24.1 Å². The Morgan fingerprint density at radius 2 is 1.89 bits per heavy atom. The van der Waals surface area contributed by atoms with Crippen LogP contribution in [0.2, 0.25) is 0 Å². The van der Waals surface area contributed by atoms with Crippen LogP contribution < -0.4 is 10.1 Å². The summed E-state index contributed by atoms with van der Waals surface area (Å²) in [7, 11) is 3.55. The van der Waals surface area contributed by atoms with Crippen molar-refractivity contribution in [2.45, 2.75) is 18.8 Å². The molecule has 3 rings (SSSR count). The van der Waals surface area contributed by atoms with E-state index in [1.807, 2.05) is 37.4 Å². The highest BCUT2D eigenvalue weighted by atomic mass is 16.5. The Hall–Kier alpha value is -2.10. The third kappa shape index (κ3) is 2.52. The van der Waals surface area contributed by atoms with Gasteiger partial charge in [0.15, 0.2) is 5.82 Å². The number of anilines is 1. The van der Waals surface area contributed by atoms with Gasteiger partial charge in [0.25, 0.3) is 0 Å². The van der Waals surface area contributed by atoms with E-state index in [1.54, 1.807) is 7.11 Å². The van der Waals surface area contributed by atoms with E-state index in [1.165, 1.54) is 12.8 Å². The molecule has 19 heavy (non-hydrogen) atoms. The van der Waals surface area contributed by atoms with Crippen LogP contribution in [0.4, 0.5) is 5.82 Å². The second kappa shape index (κ2) is 4.88. The fourth-order valence-electron chi connectivity index (χ4n) is 2.05. The van der Waals surface area contributed by atoms with Gasteiger partial charge in [-0.15, -0.1) is 0 Å². The van der Waals surface area contributed by atoms with Crippen molar-refractivity contribution in [3.8, 4) is 17.1 Å². The average molecular weight is 255 g/mol. The van der Waals surface area contributed by atoms with Crippen LogP contribution in [-0.2, 0) is 0 Å². The number of nitrogens with zero attached hydrogens (tertiary/aromatic N) is 2. The molecule has 98 valence electrons. The van der Waals surface area contributed by atoms with E-state index in [4.69, 9.17) is 4.74 Å². The van der Waals surface area contributed by atoms with Crippen LogP contribution in [0.25, 0.3) is 11.4 Å². The number of aromatic nitrogens is 2. The molecule has 1 fully saturated rings. The minimum Gasteiger partial charge on any atom is -0.497 e. The lowest BCUT2D eigenvalue weighted by Crippen LogP contribution is -2.00. The normalized spacial score (nSPS) is 14.2. The van der Waals surface area contributed by atoms with E-state index in [-0.39, 0.29) is 0 Å². The Balaban J connectivity index is 1.99. The van der Waals surface area contributed by atoms with Gasteiger partial charge in [0.2, 0.25) is 0 Å². The molecule has 0 unspecified atom stereocenters. The van der Waals surface area contributed by atoms with Crippen molar-refractivity contribution in [3.05, 3.63) is 36.0 Å². The molecular formula is C15H17N3O. The molecule has 0 radical (unpaired) electrons. The summed E-state index contributed by atoms with van der Waals surface area (Å²) in [5.41, 5.74) is 2.16. The minimum atomic E-state index is 0.618. The number of nitrogens with one attached hydrogen (secondary N) is 1. The number of benzene rings is 1. The van der Waals surface area contributed by atoms with Crippen LogP contribution >= 0.6 is 0 Å². The first-order valence-corrected chi connectivity index (χ1v) is 6.51. The molecule has 1 aromatic heterocycles. The number of hydrogen-bond donors (Lipinski definition) is 1.